The van der Waals surface area contributed by atoms with Gasteiger partial charge in [0.2, 0.25) is 0 Å². The van der Waals surface area contributed by atoms with Gasteiger partial charge in [-0.2, -0.15) is 0 Å². The summed E-state index contributed by atoms with van der Waals surface area (Å²) >= 11 is 0. The van der Waals surface area contributed by atoms with E-state index in [1.165, 1.54) is 6.07 Å². The first-order valence-corrected chi connectivity index (χ1v) is 6.58. The molecular weight excluding hydrogens is 260 g/mol. The molecule has 0 aromatic heterocycles. The number of carboxylic acids is 1. The molecule has 1 aromatic rings. The SMILES string of the molecule is CC(Oc1c(N)cccc1C(=O)O)C(=O)N1CCCC1. The number of carboxylic acid groups (broad SMARTS) is 1. The Morgan fingerprint density at radius 1 is 1.35 bits per heavy atom. The minimum Gasteiger partial charge on any atom is -0.478 e. The van der Waals surface area contributed by atoms with Gasteiger partial charge in [0.05, 0.1) is 5.69 Å². The first-order chi connectivity index (χ1) is 9.50. The van der Waals surface area contributed by atoms with E-state index in [0.717, 1.165) is 25.9 Å². The maximum absolute atomic E-state index is 12.2. The molecule has 20 heavy (non-hydrogen) atoms. The number of rotatable bonds is 4. The molecule has 0 spiro atoms. The number of ether oxygens (including phenoxy) is 1. The van der Waals surface area contributed by atoms with E-state index in [1.54, 1.807) is 24.0 Å². The predicted molar refractivity (Wildman–Crippen MR) is 73.7 cm³/mol. The Morgan fingerprint density at radius 3 is 2.60 bits per heavy atom. The molecule has 6 nitrogen and oxygen atoms in total. The molecule has 1 unspecified atom stereocenters. The van der Waals surface area contributed by atoms with Crippen molar-refractivity contribution in [2.45, 2.75) is 25.9 Å². The van der Waals surface area contributed by atoms with Gasteiger partial charge in [-0.05, 0) is 31.9 Å². The molecule has 1 aromatic carbocycles. The topological polar surface area (TPSA) is 92.9 Å². The first kappa shape index (κ1) is 14.2. The van der Waals surface area contributed by atoms with Crippen LogP contribution >= 0.6 is 0 Å². The minimum atomic E-state index is -1.13. The van der Waals surface area contributed by atoms with Crippen LogP contribution in [0.5, 0.6) is 5.75 Å². The zero-order chi connectivity index (χ0) is 14.7. The average Bonchev–Trinajstić information content (AvgIpc) is 2.93. The smallest absolute Gasteiger partial charge is 0.339 e. The molecule has 1 heterocycles. The van der Waals surface area contributed by atoms with Crippen LogP contribution in [0.2, 0.25) is 0 Å². The quantitative estimate of drug-likeness (QED) is 0.811. The van der Waals surface area contributed by atoms with Crippen molar-refractivity contribution in [3.05, 3.63) is 23.8 Å². The summed E-state index contributed by atoms with van der Waals surface area (Å²) in [4.78, 5) is 25.0. The third-order valence-corrected chi connectivity index (χ3v) is 3.34. The molecule has 1 atom stereocenters. The van der Waals surface area contributed by atoms with Gasteiger partial charge in [0.1, 0.15) is 5.56 Å². The number of nitrogen functional groups attached to an aromatic ring is 1. The Hall–Kier alpha value is -2.24. The second-order valence-electron chi connectivity index (χ2n) is 4.82. The minimum absolute atomic E-state index is 0.0360. The van der Waals surface area contributed by atoms with Crippen LogP contribution in [-0.2, 0) is 4.79 Å². The highest BCUT2D eigenvalue weighted by Crippen LogP contribution is 2.28. The van der Waals surface area contributed by atoms with Crippen LogP contribution in [0.15, 0.2) is 18.2 Å². The van der Waals surface area contributed by atoms with Crippen LogP contribution in [-0.4, -0.2) is 41.1 Å². The van der Waals surface area contributed by atoms with E-state index < -0.39 is 12.1 Å². The maximum atomic E-state index is 12.2. The molecule has 0 saturated carbocycles. The van der Waals surface area contributed by atoms with Crippen molar-refractivity contribution < 1.29 is 19.4 Å². The van der Waals surface area contributed by atoms with Crippen LogP contribution in [0.4, 0.5) is 5.69 Å². The summed E-state index contributed by atoms with van der Waals surface area (Å²) in [5.74, 6) is -1.21. The van der Waals surface area contributed by atoms with Gasteiger partial charge in [0.15, 0.2) is 11.9 Å². The summed E-state index contributed by atoms with van der Waals surface area (Å²) in [6.07, 6.45) is 1.23. The fraction of sp³-hybridized carbons (Fsp3) is 0.429. The highest BCUT2D eigenvalue weighted by Gasteiger charge is 2.26. The van der Waals surface area contributed by atoms with Crippen molar-refractivity contribution in [1.82, 2.24) is 4.90 Å². The van der Waals surface area contributed by atoms with Gasteiger partial charge in [0.25, 0.3) is 5.91 Å². The lowest BCUT2D eigenvalue weighted by Gasteiger charge is -2.22. The molecule has 1 aliphatic heterocycles. The number of anilines is 1. The number of likely N-dealkylation sites (tertiary alicyclic amines) is 1. The van der Waals surface area contributed by atoms with E-state index in [-0.39, 0.29) is 22.9 Å². The number of nitrogens with zero attached hydrogens (tertiary/aromatic N) is 1. The number of hydrogen-bond acceptors (Lipinski definition) is 4. The summed E-state index contributed by atoms with van der Waals surface area (Å²) < 4.78 is 5.51. The van der Waals surface area contributed by atoms with E-state index in [0.29, 0.717) is 0 Å². The summed E-state index contributed by atoms with van der Waals surface area (Å²) in [7, 11) is 0. The van der Waals surface area contributed by atoms with Crippen LogP contribution in [0.3, 0.4) is 0 Å². The van der Waals surface area contributed by atoms with Crippen molar-refractivity contribution >= 4 is 17.6 Å². The summed E-state index contributed by atoms with van der Waals surface area (Å²) in [6, 6.07) is 4.49. The molecule has 1 aliphatic rings. The fourth-order valence-electron chi connectivity index (χ4n) is 2.28. The van der Waals surface area contributed by atoms with Crippen molar-refractivity contribution in [1.29, 1.82) is 0 Å². The number of hydrogen-bond donors (Lipinski definition) is 2. The number of carbonyl (C=O) groups is 2. The summed E-state index contributed by atoms with van der Waals surface area (Å²) in [6.45, 7) is 3.06. The molecule has 2 rings (SSSR count). The van der Waals surface area contributed by atoms with Gasteiger partial charge in [-0.3, -0.25) is 4.79 Å². The number of benzene rings is 1. The van der Waals surface area contributed by atoms with Gasteiger partial charge < -0.3 is 20.5 Å². The highest BCUT2D eigenvalue weighted by atomic mass is 16.5. The molecule has 108 valence electrons. The molecule has 0 aliphatic carbocycles. The Kier molecular flexibility index (Phi) is 4.12. The monoisotopic (exact) mass is 278 g/mol. The van der Waals surface area contributed by atoms with Gasteiger partial charge >= 0.3 is 5.97 Å². The zero-order valence-electron chi connectivity index (χ0n) is 11.3. The van der Waals surface area contributed by atoms with Gasteiger partial charge in [-0.15, -0.1) is 0 Å². The predicted octanol–water partition coefficient (Wildman–Crippen LogP) is 1.36. The standard InChI is InChI=1S/C14H18N2O4/c1-9(13(17)16-7-2-3-8-16)20-12-10(14(18)19)5-4-6-11(12)15/h4-6,9H,2-3,7-8,15H2,1H3,(H,18,19). The van der Waals surface area contributed by atoms with E-state index in [1.807, 2.05) is 0 Å². The molecule has 6 heteroatoms. The van der Waals surface area contributed by atoms with Crippen LogP contribution < -0.4 is 10.5 Å². The molecule has 1 saturated heterocycles. The van der Waals surface area contributed by atoms with Crippen molar-refractivity contribution in [3.8, 4) is 5.75 Å². The fourth-order valence-corrected chi connectivity index (χ4v) is 2.28. The van der Waals surface area contributed by atoms with Crippen molar-refractivity contribution in [3.63, 3.8) is 0 Å². The number of carbonyl (C=O) groups excluding carboxylic acids is 1. The lowest BCUT2D eigenvalue weighted by molar-refractivity contribution is -0.136. The van der Waals surface area contributed by atoms with E-state index >= 15 is 0 Å². The number of para-hydroxylation sites is 1. The molecule has 0 radical (unpaired) electrons. The molecule has 0 bridgehead atoms. The number of nitrogens with two attached hydrogens (primary N) is 1. The van der Waals surface area contributed by atoms with E-state index in [9.17, 15) is 9.59 Å². The second-order valence-corrected chi connectivity index (χ2v) is 4.82. The number of aromatic carboxylic acids is 1. The average molecular weight is 278 g/mol. The maximum Gasteiger partial charge on any atom is 0.339 e. The Morgan fingerprint density at radius 2 is 2.00 bits per heavy atom. The second kappa shape index (κ2) is 5.81. The first-order valence-electron chi connectivity index (χ1n) is 6.58. The lowest BCUT2D eigenvalue weighted by Crippen LogP contribution is -2.38. The van der Waals surface area contributed by atoms with Crippen LogP contribution in [0.25, 0.3) is 0 Å². The number of amides is 1. The Labute approximate surface area is 117 Å². The normalized spacial score (nSPS) is 15.9. The van der Waals surface area contributed by atoms with Gasteiger partial charge in [0, 0.05) is 13.1 Å². The third kappa shape index (κ3) is 2.84. The van der Waals surface area contributed by atoms with Crippen molar-refractivity contribution in [2.24, 2.45) is 0 Å². The van der Waals surface area contributed by atoms with Crippen LogP contribution in [0.1, 0.15) is 30.1 Å². The van der Waals surface area contributed by atoms with Gasteiger partial charge in [-0.1, -0.05) is 6.07 Å². The molecule has 1 fully saturated rings. The summed E-state index contributed by atoms with van der Waals surface area (Å²) in [5.41, 5.74) is 5.93. The highest BCUT2D eigenvalue weighted by molar-refractivity contribution is 5.93. The van der Waals surface area contributed by atoms with Gasteiger partial charge in [-0.25, -0.2) is 4.79 Å². The lowest BCUT2D eigenvalue weighted by atomic mass is 10.1. The molecular formula is C14H18N2O4. The van der Waals surface area contributed by atoms with E-state index in [4.69, 9.17) is 15.6 Å². The van der Waals surface area contributed by atoms with E-state index in [2.05, 4.69) is 0 Å². The Bertz CT molecular complexity index is 524. The zero-order valence-corrected chi connectivity index (χ0v) is 11.3. The molecule has 1 amide bonds. The Balaban J connectivity index is 2.16. The van der Waals surface area contributed by atoms with Crippen LogP contribution in [0, 0.1) is 0 Å². The largest absolute Gasteiger partial charge is 0.478 e. The van der Waals surface area contributed by atoms with Crippen molar-refractivity contribution in [2.75, 3.05) is 18.8 Å². The summed E-state index contributed by atoms with van der Waals surface area (Å²) in [5, 5.41) is 9.12. The third-order valence-electron chi connectivity index (χ3n) is 3.34. The molecule has 3 N–H and O–H groups in total.